The largest absolute Gasteiger partial charge is 0.397 e. The highest BCUT2D eigenvalue weighted by molar-refractivity contribution is 9.10. The molecule has 0 saturated heterocycles. The summed E-state index contributed by atoms with van der Waals surface area (Å²) in [6, 6.07) is 11.8. The summed E-state index contributed by atoms with van der Waals surface area (Å²) in [5.41, 5.74) is 7.57. The van der Waals surface area contributed by atoms with Gasteiger partial charge in [-0.1, -0.05) is 22.0 Å². The molecule has 0 spiro atoms. The van der Waals surface area contributed by atoms with Gasteiger partial charge in [-0.25, -0.2) is 13.6 Å². The molecule has 0 heterocycles. The third kappa shape index (κ3) is 3.46. The Morgan fingerprint density at radius 3 is 2.42 bits per heavy atom. The molecule has 0 fully saturated rings. The van der Waals surface area contributed by atoms with E-state index in [4.69, 9.17) is 10.9 Å². The maximum absolute atomic E-state index is 11.2. The van der Waals surface area contributed by atoms with Crippen molar-refractivity contribution >= 4 is 43.0 Å². The number of hydrogen-bond acceptors (Lipinski definition) is 4. The summed E-state index contributed by atoms with van der Waals surface area (Å²) in [5.74, 6) is 0. The average molecular weight is 342 g/mol. The molecule has 0 bridgehead atoms. The van der Waals surface area contributed by atoms with Crippen LogP contribution < -0.4 is 16.2 Å². The zero-order valence-corrected chi connectivity index (χ0v) is 12.2. The quantitative estimate of drug-likeness (QED) is 0.746. The van der Waals surface area contributed by atoms with Gasteiger partial charge >= 0.3 is 0 Å². The second kappa shape index (κ2) is 5.20. The molecule has 0 radical (unpaired) electrons. The number of hydrogen-bond donors (Lipinski definition) is 3. The van der Waals surface area contributed by atoms with E-state index >= 15 is 0 Å². The number of nitrogens with two attached hydrogens (primary N) is 2. The van der Waals surface area contributed by atoms with Gasteiger partial charge in [-0.3, -0.25) is 0 Å². The monoisotopic (exact) mass is 341 g/mol. The van der Waals surface area contributed by atoms with Crippen molar-refractivity contribution in [2.75, 3.05) is 11.1 Å². The molecule has 0 amide bonds. The Morgan fingerprint density at radius 2 is 1.84 bits per heavy atom. The van der Waals surface area contributed by atoms with Crippen molar-refractivity contribution in [1.29, 1.82) is 0 Å². The summed E-state index contributed by atoms with van der Waals surface area (Å²) in [5, 5.41) is 8.14. The van der Waals surface area contributed by atoms with Crippen LogP contribution in [0, 0.1) is 0 Å². The van der Waals surface area contributed by atoms with E-state index < -0.39 is 10.0 Å². The van der Waals surface area contributed by atoms with Crippen molar-refractivity contribution in [3.05, 3.63) is 46.9 Å². The Morgan fingerprint density at radius 1 is 1.11 bits per heavy atom. The molecule has 0 unspecified atom stereocenters. The number of sulfonamides is 1. The first-order valence-corrected chi connectivity index (χ1v) is 7.65. The number of benzene rings is 2. The second-order valence-corrected chi connectivity index (χ2v) is 6.41. The minimum Gasteiger partial charge on any atom is -0.397 e. The number of nitrogen functional groups attached to an aromatic ring is 1. The van der Waals surface area contributed by atoms with Crippen LogP contribution in [0.1, 0.15) is 0 Å². The van der Waals surface area contributed by atoms with E-state index in [1.54, 1.807) is 6.07 Å². The number of anilines is 3. The van der Waals surface area contributed by atoms with Gasteiger partial charge in [-0.2, -0.15) is 0 Å². The molecule has 0 aliphatic carbocycles. The molecule has 7 heteroatoms. The van der Waals surface area contributed by atoms with Crippen LogP contribution in [0.5, 0.6) is 0 Å². The molecule has 2 aromatic rings. The highest BCUT2D eigenvalue weighted by atomic mass is 79.9. The van der Waals surface area contributed by atoms with Gasteiger partial charge < -0.3 is 11.1 Å². The van der Waals surface area contributed by atoms with Crippen molar-refractivity contribution in [2.45, 2.75) is 4.90 Å². The van der Waals surface area contributed by atoms with Crippen molar-refractivity contribution < 1.29 is 8.42 Å². The fourth-order valence-corrected chi connectivity index (χ4v) is 2.50. The molecule has 0 aliphatic rings. The highest BCUT2D eigenvalue weighted by Crippen LogP contribution is 2.26. The first-order valence-electron chi connectivity index (χ1n) is 5.31. The lowest BCUT2D eigenvalue weighted by atomic mass is 10.2. The third-order valence-corrected chi connectivity index (χ3v) is 3.86. The molecular formula is C12H12BrN3O2S. The van der Waals surface area contributed by atoms with Crippen LogP contribution in [-0.2, 0) is 10.0 Å². The maximum atomic E-state index is 11.2. The van der Waals surface area contributed by atoms with Crippen molar-refractivity contribution in [3.63, 3.8) is 0 Å². The van der Waals surface area contributed by atoms with Crippen LogP contribution in [0.25, 0.3) is 0 Å². The van der Waals surface area contributed by atoms with Crippen LogP contribution in [-0.4, -0.2) is 8.42 Å². The smallest absolute Gasteiger partial charge is 0.238 e. The van der Waals surface area contributed by atoms with Gasteiger partial charge in [0.2, 0.25) is 10.0 Å². The minimum absolute atomic E-state index is 0.00945. The molecule has 100 valence electrons. The van der Waals surface area contributed by atoms with Gasteiger partial charge in [-0.05, 0) is 36.4 Å². The lowest BCUT2D eigenvalue weighted by Gasteiger charge is -2.10. The van der Waals surface area contributed by atoms with E-state index in [0.29, 0.717) is 11.4 Å². The van der Waals surface area contributed by atoms with E-state index in [1.165, 1.54) is 12.1 Å². The summed E-state index contributed by atoms with van der Waals surface area (Å²) < 4.78 is 23.3. The third-order valence-electron chi connectivity index (χ3n) is 2.46. The number of nitrogens with one attached hydrogen (secondary N) is 1. The average Bonchev–Trinajstić information content (AvgIpc) is 2.30. The topological polar surface area (TPSA) is 98.2 Å². The van der Waals surface area contributed by atoms with Crippen molar-refractivity contribution in [1.82, 2.24) is 0 Å². The molecule has 0 saturated carbocycles. The minimum atomic E-state index is -3.74. The van der Waals surface area contributed by atoms with Crippen LogP contribution in [0.4, 0.5) is 17.1 Å². The van der Waals surface area contributed by atoms with Crippen molar-refractivity contribution in [2.24, 2.45) is 5.14 Å². The molecule has 19 heavy (non-hydrogen) atoms. The Kier molecular flexibility index (Phi) is 3.79. The predicted octanol–water partition coefficient (Wildman–Crippen LogP) is 2.42. The SMILES string of the molecule is Nc1cc(S(N)(=O)=O)ccc1Nc1cccc(Br)c1. The van der Waals surface area contributed by atoms with E-state index in [9.17, 15) is 8.42 Å². The first kappa shape index (κ1) is 13.9. The fourth-order valence-electron chi connectivity index (χ4n) is 1.55. The first-order chi connectivity index (χ1) is 8.86. The molecule has 2 rings (SSSR count). The molecule has 2 aromatic carbocycles. The predicted molar refractivity (Wildman–Crippen MR) is 79.7 cm³/mol. The maximum Gasteiger partial charge on any atom is 0.238 e. The van der Waals surface area contributed by atoms with Crippen molar-refractivity contribution in [3.8, 4) is 0 Å². The van der Waals surface area contributed by atoms with E-state index in [0.717, 1.165) is 10.2 Å². The lowest BCUT2D eigenvalue weighted by Crippen LogP contribution is -2.12. The van der Waals surface area contributed by atoms with E-state index in [2.05, 4.69) is 21.2 Å². The standard InChI is InChI=1S/C12H12BrN3O2S/c13-8-2-1-3-9(6-8)16-12-5-4-10(7-11(12)14)19(15,17)18/h1-7,16H,14H2,(H2,15,17,18). The Bertz CT molecular complexity index is 717. The molecule has 0 atom stereocenters. The van der Waals surface area contributed by atoms with Crippen LogP contribution in [0.15, 0.2) is 51.8 Å². The Labute approximate surface area is 119 Å². The molecule has 5 nitrogen and oxygen atoms in total. The normalized spacial score (nSPS) is 11.3. The lowest BCUT2D eigenvalue weighted by molar-refractivity contribution is 0.598. The zero-order valence-electron chi connectivity index (χ0n) is 9.80. The highest BCUT2D eigenvalue weighted by Gasteiger charge is 2.10. The van der Waals surface area contributed by atoms with Gasteiger partial charge in [-0.15, -0.1) is 0 Å². The van der Waals surface area contributed by atoms with Gasteiger partial charge in [0.25, 0.3) is 0 Å². The summed E-state index contributed by atoms with van der Waals surface area (Å²) >= 11 is 3.36. The summed E-state index contributed by atoms with van der Waals surface area (Å²) in [6.07, 6.45) is 0. The summed E-state index contributed by atoms with van der Waals surface area (Å²) in [4.78, 5) is -0.00945. The fraction of sp³-hybridized carbons (Fsp3) is 0. The van der Waals surface area contributed by atoms with E-state index in [-0.39, 0.29) is 4.90 Å². The van der Waals surface area contributed by atoms with Gasteiger partial charge in [0.1, 0.15) is 0 Å². The summed E-state index contributed by atoms with van der Waals surface area (Å²) in [6.45, 7) is 0. The van der Waals surface area contributed by atoms with E-state index in [1.807, 2.05) is 24.3 Å². The molecule has 0 aliphatic heterocycles. The van der Waals surface area contributed by atoms with Crippen LogP contribution in [0.3, 0.4) is 0 Å². The van der Waals surface area contributed by atoms with Gasteiger partial charge in [0.05, 0.1) is 16.3 Å². The second-order valence-electron chi connectivity index (χ2n) is 3.93. The van der Waals surface area contributed by atoms with Gasteiger partial charge in [0.15, 0.2) is 0 Å². The molecular weight excluding hydrogens is 330 g/mol. The summed E-state index contributed by atoms with van der Waals surface area (Å²) in [7, 11) is -3.74. The number of halogens is 1. The Hall–Kier alpha value is -1.57. The molecule has 5 N–H and O–H groups in total. The zero-order chi connectivity index (χ0) is 14.0. The van der Waals surface area contributed by atoms with Gasteiger partial charge in [0, 0.05) is 10.2 Å². The molecule has 0 aromatic heterocycles. The van der Waals surface area contributed by atoms with Crippen LogP contribution in [0.2, 0.25) is 0 Å². The number of rotatable bonds is 3. The van der Waals surface area contributed by atoms with Crippen LogP contribution >= 0.6 is 15.9 Å². The Balaban J connectivity index is 2.32. The number of primary sulfonamides is 1.